The molecule has 1 aliphatic heterocycles. The molecule has 150 valence electrons. The summed E-state index contributed by atoms with van der Waals surface area (Å²) in [5.74, 6) is 1.41. The van der Waals surface area contributed by atoms with Crippen LogP contribution < -0.4 is 9.47 Å². The Kier molecular flexibility index (Phi) is 8.65. The fourth-order valence-electron chi connectivity index (χ4n) is 2.68. The van der Waals surface area contributed by atoms with Crippen LogP contribution in [0.1, 0.15) is 46.0 Å². The lowest BCUT2D eigenvalue weighted by molar-refractivity contribution is -0.139. The number of hydrogen-bond donors (Lipinski definition) is 0. The molecule has 1 saturated heterocycles. The molecule has 0 radical (unpaired) electrons. The molecule has 1 aromatic carbocycles. The van der Waals surface area contributed by atoms with Gasteiger partial charge in [-0.3, -0.25) is 0 Å². The summed E-state index contributed by atoms with van der Waals surface area (Å²) in [4.78, 5) is 11.2. The van der Waals surface area contributed by atoms with E-state index in [4.69, 9.17) is 18.9 Å². The van der Waals surface area contributed by atoms with Gasteiger partial charge in [0.05, 0.1) is 38.4 Å². The van der Waals surface area contributed by atoms with Gasteiger partial charge in [-0.05, 0) is 63.3 Å². The van der Waals surface area contributed by atoms with E-state index in [0.29, 0.717) is 25.4 Å². The van der Waals surface area contributed by atoms with Gasteiger partial charge in [-0.25, -0.2) is 4.79 Å². The number of benzene rings is 1. The number of esters is 1. The molecule has 27 heavy (non-hydrogen) atoms. The first-order valence-corrected chi connectivity index (χ1v) is 9.81. The van der Waals surface area contributed by atoms with E-state index in [0.717, 1.165) is 56.8 Å². The Morgan fingerprint density at radius 2 is 1.63 bits per heavy atom. The highest BCUT2D eigenvalue weighted by atomic mass is 16.5. The van der Waals surface area contributed by atoms with Crippen molar-refractivity contribution in [3.8, 4) is 11.5 Å². The highest BCUT2D eigenvalue weighted by Crippen LogP contribution is 2.32. The molecule has 1 aromatic rings. The first-order chi connectivity index (χ1) is 13.0. The second-order valence-electron chi connectivity index (χ2n) is 7.29. The molecule has 0 aromatic heterocycles. The molecule has 0 amide bonds. The number of rotatable bonds is 13. The fraction of sp³-hybridized carbons (Fsp3) is 0.591. The van der Waals surface area contributed by atoms with Crippen LogP contribution in [0.5, 0.6) is 11.5 Å². The number of hydrogen-bond acceptors (Lipinski definition) is 5. The van der Waals surface area contributed by atoms with Gasteiger partial charge in [-0.15, -0.1) is 0 Å². The Bertz CT molecular complexity index is 584. The van der Waals surface area contributed by atoms with Gasteiger partial charge in [0.2, 0.25) is 0 Å². The van der Waals surface area contributed by atoms with Gasteiger partial charge in [0.1, 0.15) is 11.5 Å². The predicted molar refractivity (Wildman–Crippen MR) is 105 cm³/mol. The van der Waals surface area contributed by atoms with Crippen molar-refractivity contribution in [2.45, 2.75) is 46.0 Å². The highest BCUT2D eigenvalue weighted by molar-refractivity contribution is 5.86. The smallest absolute Gasteiger partial charge is 0.333 e. The van der Waals surface area contributed by atoms with Crippen molar-refractivity contribution in [1.82, 2.24) is 0 Å². The van der Waals surface area contributed by atoms with Crippen LogP contribution in [0.2, 0.25) is 0 Å². The van der Waals surface area contributed by atoms with Crippen molar-refractivity contribution in [1.29, 1.82) is 0 Å². The maximum Gasteiger partial charge on any atom is 0.333 e. The second kappa shape index (κ2) is 11.0. The maximum atomic E-state index is 11.2. The molecule has 0 atom stereocenters. The summed E-state index contributed by atoms with van der Waals surface area (Å²) in [6.45, 7) is 10.8. The summed E-state index contributed by atoms with van der Waals surface area (Å²) in [6.07, 6.45) is 4.99. The SMILES string of the molecule is C=C(C)C(=O)OCCCCCCOc1ccc(OCC2(CC)COC2)cc1. The van der Waals surface area contributed by atoms with Crippen LogP contribution in [-0.4, -0.2) is 39.0 Å². The summed E-state index contributed by atoms with van der Waals surface area (Å²) in [6, 6.07) is 7.80. The van der Waals surface area contributed by atoms with E-state index in [9.17, 15) is 4.79 Å². The molecule has 5 heteroatoms. The summed E-state index contributed by atoms with van der Waals surface area (Å²) in [5, 5.41) is 0. The molecule has 5 nitrogen and oxygen atoms in total. The van der Waals surface area contributed by atoms with Crippen molar-refractivity contribution in [3.63, 3.8) is 0 Å². The van der Waals surface area contributed by atoms with Crippen LogP contribution in [0, 0.1) is 5.41 Å². The van der Waals surface area contributed by atoms with Gasteiger partial charge in [0, 0.05) is 5.57 Å². The zero-order valence-corrected chi connectivity index (χ0v) is 16.6. The van der Waals surface area contributed by atoms with Crippen LogP contribution in [-0.2, 0) is 14.3 Å². The average Bonchev–Trinajstić information content (AvgIpc) is 2.64. The standard InChI is InChI=1S/C22H32O5/c1-4-22(15-24-16-22)17-27-20-11-9-19(10-12-20)25-13-7-5-6-8-14-26-21(23)18(2)3/h9-12H,2,4-8,13-17H2,1,3H3. The van der Waals surface area contributed by atoms with E-state index in [1.165, 1.54) is 0 Å². The topological polar surface area (TPSA) is 54.0 Å². The summed E-state index contributed by atoms with van der Waals surface area (Å²) in [7, 11) is 0. The van der Waals surface area contributed by atoms with Crippen molar-refractivity contribution in [2.75, 3.05) is 33.0 Å². The molecule has 0 bridgehead atoms. The van der Waals surface area contributed by atoms with E-state index in [1.54, 1.807) is 6.92 Å². The van der Waals surface area contributed by atoms with E-state index in [-0.39, 0.29) is 11.4 Å². The van der Waals surface area contributed by atoms with Crippen LogP contribution in [0.3, 0.4) is 0 Å². The van der Waals surface area contributed by atoms with E-state index in [2.05, 4.69) is 13.5 Å². The molecule has 0 aliphatic carbocycles. The van der Waals surface area contributed by atoms with Crippen LogP contribution in [0.25, 0.3) is 0 Å². The molecule has 0 saturated carbocycles. The first-order valence-electron chi connectivity index (χ1n) is 9.81. The fourth-order valence-corrected chi connectivity index (χ4v) is 2.68. The quantitative estimate of drug-likeness (QED) is 0.287. The van der Waals surface area contributed by atoms with E-state index < -0.39 is 0 Å². The van der Waals surface area contributed by atoms with Crippen LogP contribution >= 0.6 is 0 Å². The third kappa shape index (κ3) is 7.25. The molecule has 0 N–H and O–H groups in total. The highest BCUT2D eigenvalue weighted by Gasteiger charge is 2.37. The lowest BCUT2D eigenvalue weighted by atomic mass is 9.84. The van der Waals surface area contributed by atoms with Gasteiger partial charge in [-0.2, -0.15) is 0 Å². The monoisotopic (exact) mass is 376 g/mol. The van der Waals surface area contributed by atoms with Crippen LogP contribution in [0.15, 0.2) is 36.4 Å². The largest absolute Gasteiger partial charge is 0.494 e. The Labute approximate surface area is 162 Å². The predicted octanol–water partition coefficient (Wildman–Crippen LogP) is 4.55. The van der Waals surface area contributed by atoms with Crippen molar-refractivity contribution >= 4 is 5.97 Å². The minimum atomic E-state index is -0.309. The lowest BCUT2D eigenvalue weighted by Crippen LogP contribution is -2.46. The molecule has 1 heterocycles. The first kappa shape index (κ1) is 21.3. The zero-order chi connectivity index (χ0) is 19.5. The van der Waals surface area contributed by atoms with Gasteiger partial charge >= 0.3 is 5.97 Å². The Hall–Kier alpha value is -2.01. The van der Waals surface area contributed by atoms with Crippen molar-refractivity contribution < 1.29 is 23.7 Å². The normalized spacial score (nSPS) is 14.9. The van der Waals surface area contributed by atoms with Crippen LogP contribution in [0.4, 0.5) is 0 Å². The summed E-state index contributed by atoms with van der Waals surface area (Å²) in [5.41, 5.74) is 0.639. The number of carbonyl (C=O) groups excluding carboxylic acids is 1. The number of ether oxygens (including phenoxy) is 4. The summed E-state index contributed by atoms with van der Waals surface area (Å²) < 4.78 is 22.0. The van der Waals surface area contributed by atoms with E-state index >= 15 is 0 Å². The molecule has 1 fully saturated rings. The van der Waals surface area contributed by atoms with Gasteiger partial charge in [-0.1, -0.05) is 13.5 Å². The zero-order valence-electron chi connectivity index (χ0n) is 16.6. The molecular weight excluding hydrogens is 344 g/mol. The third-order valence-electron chi connectivity index (χ3n) is 4.82. The van der Waals surface area contributed by atoms with Gasteiger partial charge in [0.25, 0.3) is 0 Å². The minimum absolute atomic E-state index is 0.192. The Morgan fingerprint density at radius 3 is 2.15 bits per heavy atom. The average molecular weight is 376 g/mol. The molecule has 2 rings (SSSR count). The lowest BCUT2D eigenvalue weighted by Gasteiger charge is -2.40. The summed E-state index contributed by atoms with van der Waals surface area (Å²) >= 11 is 0. The van der Waals surface area contributed by atoms with Crippen molar-refractivity contribution in [3.05, 3.63) is 36.4 Å². The van der Waals surface area contributed by atoms with E-state index in [1.807, 2.05) is 24.3 Å². The Morgan fingerprint density at radius 1 is 1.04 bits per heavy atom. The second-order valence-corrected chi connectivity index (χ2v) is 7.29. The maximum absolute atomic E-state index is 11.2. The Balaban J connectivity index is 1.52. The third-order valence-corrected chi connectivity index (χ3v) is 4.82. The molecule has 1 aliphatic rings. The van der Waals surface area contributed by atoms with Gasteiger partial charge in [0.15, 0.2) is 0 Å². The molecule has 0 unspecified atom stereocenters. The van der Waals surface area contributed by atoms with Crippen molar-refractivity contribution in [2.24, 2.45) is 5.41 Å². The number of unbranched alkanes of at least 4 members (excludes halogenated alkanes) is 3. The minimum Gasteiger partial charge on any atom is -0.494 e. The molecule has 0 spiro atoms. The van der Waals surface area contributed by atoms with Gasteiger partial charge < -0.3 is 18.9 Å². The molecular formula is C22H32O5. The number of carbonyl (C=O) groups is 1.